The molecule has 0 fully saturated rings. The number of carboxylic acids is 1. The quantitative estimate of drug-likeness (QED) is 0.227. The molecule has 1 atom stereocenters. The Kier molecular flexibility index (Phi) is 2.98. The van der Waals surface area contributed by atoms with Crippen LogP contribution in [0.1, 0.15) is 0 Å². The molecule has 0 bridgehead atoms. The average molecular weight is 180 g/mol. The summed E-state index contributed by atoms with van der Waals surface area (Å²) in [5.74, 6) is -1.19. The first kappa shape index (κ1) is 7.26. The van der Waals surface area contributed by atoms with E-state index in [1.807, 2.05) is 0 Å². The maximum absolute atomic E-state index is 9.78. The number of halogens is 1. The monoisotopic (exact) mass is 179 g/mol. The SMILES string of the molecule is [N-]=[N+]=NC(Br)C(=O)O. The molecule has 0 aliphatic rings. The van der Waals surface area contributed by atoms with Crippen LogP contribution < -0.4 is 0 Å². The minimum Gasteiger partial charge on any atom is -0.480 e. The molecule has 0 rings (SSSR count). The third kappa shape index (κ3) is 2.44. The largest absolute Gasteiger partial charge is 0.480 e. The number of alkyl halides is 1. The third-order valence-electron chi connectivity index (χ3n) is 0.357. The maximum Gasteiger partial charge on any atom is 0.323 e. The Bertz CT molecular complexity index is 138. The van der Waals surface area contributed by atoms with Gasteiger partial charge >= 0.3 is 5.97 Å². The van der Waals surface area contributed by atoms with Crippen LogP contribution in [0.3, 0.4) is 0 Å². The highest BCUT2D eigenvalue weighted by molar-refractivity contribution is 9.10. The van der Waals surface area contributed by atoms with Gasteiger partial charge in [0.25, 0.3) is 0 Å². The molecule has 1 N–H and O–H groups in total. The summed E-state index contributed by atoms with van der Waals surface area (Å²) in [5.41, 5.74) is 7.65. The van der Waals surface area contributed by atoms with Crippen LogP contribution in [0.25, 0.3) is 10.4 Å². The van der Waals surface area contributed by atoms with Crippen molar-refractivity contribution < 1.29 is 9.90 Å². The zero-order chi connectivity index (χ0) is 6.57. The summed E-state index contributed by atoms with van der Waals surface area (Å²) >= 11 is 2.58. The second kappa shape index (κ2) is 3.29. The van der Waals surface area contributed by atoms with Crippen molar-refractivity contribution in [2.45, 2.75) is 4.95 Å². The molecule has 0 radical (unpaired) electrons. The summed E-state index contributed by atoms with van der Waals surface area (Å²) in [6.45, 7) is 0. The molecule has 6 heteroatoms. The van der Waals surface area contributed by atoms with E-state index < -0.39 is 10.9 Å². The fourth-order valence-electron chi connectivity index (χ4n) is 0.0947. The van der Waals surface area contributed by atoms with Gasteiger partial charge in [0.15, 0.2) is 4.95 Å². The minimum absolute atomic E-state index is 1.15. The Morgan fingerprint density at radius 2 is 2.50 bits per heavy atom. The van der Waals surface area contributed by atoms with Crippen LogP contribution in [-0.2, 0) is 4.79 Å². The highest BCUT2D eigenvalue weighted by Crippen LogP contribution is 1.99. The summed E-state index contributed by atoms with van der Waals surface area (Å²) in [7, 11) is 0. The third-order valence-corrected chi connectivity index (χ3v) is 0.932. The van der Waals surface area contributed by atoms with Gasteiger partial charge in [-0.25, -0.2) is 0 Å². The van der Waals surface area contributed by atoms with Crippen LogP contribution in [0.2, 0.25) is 0 Å². The van der Waals surface area contributed by atoms with Gasteiger partial charge in [0.2, 0.25) is 0 Å². The van der Waals surface area contributed by atoms with Crippen molar-refractivity contribution >= 4 is 21.9 Å². The predicted octanol–water partition coefficient (Wildman–Crippen LogP) is 1.10. The van der Waals surface area contributed by atoms with Gasteiger partial charge in [0.05, 0.1) is 0 Å². The fraction of sp³-hybridized carbons (Fsp3) is 0.500. The molecular weight excluding hydrogens is 178 g/mol. The van der Waals surface area contributed by atoms with Crippen LogP contribution in [0.15, 0.2) is 5.11 Å². The lowest BCUT2D eigenvalue weighted by Gasteiger charge is -1.88. The van der Waals surface area contributed by atoms with Gasteiger partial charge in [-0.2, -0.15) is 0 Å². The first-order valence-corrected chi connectivity index (χ1v) is 2.51. The van der Waals surface area contributed by atoms with E-state index in [0.717, 1.165) is 0 Å². The fourth-order valence-corrected chi connectivity index (χ4v) is 0.177. The lowest BCUT2D eigenvalue weighted by Crippen LogP contribution is -2.07. The molecule has 44 valence electrons. The zero-order valence-corrected chi connectivity index (χ0v) is 5.24. The Morgan fingerprint density at radius 3 is 2.62 bits per heavy atom. The van der Waals surface area contributed by atoms with E-state index in [9.17, 15) is 4.79 Å². The van der Waals surface area contributed by atoms with Crippen molar-refractivity contribution in [1.29, 1.82) is 0 Å². The molecule has 0 aromatic rings. The number of carbonyl (C=O) groups is 1. The van der Waals surface area contributed by atoms with Gasteiger partial charge < -0.3 is 5.11 Å². The smallest absolute Gasteiger partial charge is 0.323 e. The summed E-state index contributed by atoms with van der Waals surface area (Å²) in [5, 5.41) is 10.8. The van der Waals surface area contributed by atoms with Crippen molar-refractivity contribution in [1.82, 2.24) is 0 Å². The lowest BCUT2D eigenvalue weighted by molar-refractivity contribution is -0.136. The number of rotatable bonds is 2. The van der Waals surface area contributed by atoms with Gasteiger partial charge in [0, 0.05) is 4.91 Å². The minimum atomic E-state index is -1.19. The maximum atomic E-state index is 9.78. The van der Waals surface area contributed by atoms with E-state index in [4.69, 9.17) is 10.6 Å². The molecule has 8 heavy (non-hydrogen) atoms. The highest BCUT2D eigenvalue weighted by Gasteiger charge is 2.07. The second-order valence-corrected chi connectivity index (χ2v) is 1.75. The van der Waals surface area contributed by atoms with Gasteiger partial charge in [-0.3, -0.25) is 4.79 Å². The van der Waals surface area contributed by atoms with Gasteiger partial charge in [-0.05, 0) is 5.53 Å². The van der Waals surface area contributed by atoms with Gasteiger partial charge in [-0.15, -0.1) is 0 Å². The van der Waals surface area contributed by atoms with E-state index in [1.54, 1.807) is 0 Å². The standard InChI is InChI=1S/C2H2BrN3O2/c3-1(2(7)8)5-6-4/h1H,(H,7,8). The number of hydrogen-bond acceptors (Lipinski definition) is 2. The van der Waals surface area contributed by atoms with Crippen molar-refractivity contribution in [3.63, 3.8) is 0 Å². The Morgan fingerprint density at radius 1 is 2.00 bits per heavy atom. The molecule has 0 heterocycles. The van der Waals surface area contributed by atoms with Crippen molar-refractivity contribution in [3.8, 4) is 0 Å². The Labute approximate surface area is 53.1 Å². The number of nitrogens with zero attached hydrogens (tertiary/aromatic N) is 3. The molecule has 0 aromatic carbocycles. The van der Waals surface area contributed by atoms with Crippen molar-refractivity contribution in [3.05, 3.63) is 10.4 Å². The van der Waals surface area contributed by atoms with E-state index in [2.05, 4.69) is 26.0 Å². The molecule has 0 saturated carbocycles. The Balaban J connectivity index is 3.82. The molecule has 0 spiro atoms. The Hall–Kier alpha value is -0.740. The molecule has 0 aliphatic heterocycles. The first-order chi connectivity index (χ1) is 3.68. The van der Waals surface area contributed by atoms with Crippen LogP contribution in [-0.4, -0.2) is 16.0 Å². The average Bonchev–Trinajstić information content (AvgIpc) is 1.67. The van der Waals surface area contributed by atoms with E-state index in [-0.39, 0.29) is 0 Å². The van der Waals surface area contributed by atoms with Crippen LogP contribution in [0, 0.1) is 0 Å². The van der Waals surface area contributed by atoms with E-state index >= 15 is 0 Å². The van der Waals surface area contributed by atoms with Crippen molar-refractivity contribution in [2.75, 3.05) is 0 Å². The first-order valence-electron chi connectivity index (χ1n) is 1.59. The van der Waals surface area contributed by atoms with Gasteiger partial charge in [0.1, 0.15) is 0 Å². The molecule has 0 saturated heterocycles. The normalized spacial score (nSPS) is 11.6. The zero-order valence-electron chi connectivity index (χ0n) is 3.65. The number of azide groups is 1. The van der Waals surface area contributed by atoms with Crippen molar-refractivity contribution in [2.24, 2.45) is 5.11 Å². The van der Waals surface area contributed by atoms with E-state index in [0.29, 0.717) is 0 Å². The molecular formula is C2H2BrN3O2. The second-order valence-electron chi connectivity index (χ2n) is 0.879. The number of aliphatic carboxylic acids is 1. The molecule has 0 amide bonds. The van der Waals surface area contributed by atoms with E-state index in [1.165, 1.54) is 0 Å². The summed E-state index contributed by atoms with van der Waals surface area (Å²) in [4.78, 5) is 10.9. The molecule has 5 nitrogen and oxygen atoms in total. The summed E-state index contributed by atoms with van der Waals surface area (Å²) < 4.78 is 0. The predicted molar refractivity (Wildman–Crippen MR) is 29.5 cm³/mol. The topological polar surface area (TPSA) is 86.1 Å². The summed E-state index contributed by atoms with van der Waals surface area (Å²) in [6.07, 6.45) is 0. The highest BCUT2D eigenvalue weighted by atomic mass is 79.9. The molecule has 0 aliphatic carbocycles. The molecule has 1 unspecified atom stereocenters. The van der Waals surface area contributed by atoms with Crippen LogP contribution in [0.4, 0.5) is 0 Å². The number of carboxylic acid groups (broad SMARTS) is 1. The lowest BCUT2D eigenvalue weighted by atomic mass is 10.7. The summed E-state index contributed by atoms with van der Waals surface area (Å²) in [6, 6.07) is 0. The van der Waals surface area contributed by atoms with Crippen LogP contribution in [0.5, 0.6) is 0 Å². The van der Waals surface area contributed by atoms with Crippen LogP contribution >= 0.6 is 15.9 Å². The molecule has 0 aromatic heterocycles. The van der Waals surface area contributed by atoms with Gasteiger partial charge in [-0.1, -0.05) is 21.0 Å². The number of hydrogen-bond donors (Lipinski definition) is 1.